The molecule has 2 bridgehead atoms. The van der Waals surface area contributed by atoms with Gasteiger partial charge in [-0.15, -0.1) is 0 Å². The SMILES string of the molecule is COc1ccc(Br)c(C(=O)NC2CC3CC2C2CCCC32)c1. The molecule has 3 saturated carbocycles. The lowest BCUT2D eigenvalue weighted by Crippen LogP contribution is -2.42. The summed E-state index contributed by atoms with van der Waals surface area (Å²) in [7, 11) is 1.63. The fourth-order valence-electron chi connectivity index (χ4n) is 5.29. The van der Waals surface area contributed by atoms with Gasteiger partial charge in [-0.1, -0.05) is 6.42 Å². The molecule has 3 aliphatic rings. The first-order valence-corrected chi connectivity index (χ1v) is 9.11. The lowest BCUT2D eigenvalue weighted by atomic mass is 9.79. The fourth-order valence-corrected chi connectivity index (χ4v) is 5.71. The molecule has 0 aliphatic heterocycles. The van der Waals surface area contributed by atoms with Gasteiger partial charge in [0.2, 0.25) is 0 Å². The first-order valence-electron chi connectivity index (χ1n) is 8.32. The monoisotopic (exact) mass is 363 g/mol. The van der Waals surface area contributed by atoms with Crippen molar-refractivity contribution in [2.45, 2.75) is 38.1 Å². The molecule has 118 valence electrons. The minimum Gasteiger partial charge on any atom is -0.497 e. The van der Waals surface area contributed by atoms with Crippen LogP contribution in [0.15, 0.2) is 22.7 Å². The Bertz CT molecular complexity index is 603. The minimum atomic E-state index is 0.0258. The van der Waals surface area contributed by atoms with Gasteiger partial charge in [0.25, 0.3) is 5.91 Å². The highest BCUT2D eigenvalue weighted by atomic mass is 79.9. The maximum atomic E-state index is 12.7. The van der Waals surface area contributed by atoms with Gasteiger partial charge in [-0.3, -0.25) is 4.79 Å². The number of carbonyl (C=O) groups is 1. The standard InChI is InChI=1S/C18H22BrNO2/c1-22-11-5-6-16(19)15(9-11)18(21)20-17-8-10-7-14(17)13-4-2-3-12(10)13/h5-6,9-10,12-14,17H,2-4,7-8H2,1H3,(H,20,21). The van der Waals surface area contributed by atoms with Crippen LogP contribution < -0.4 is 10.1 Å². The molecule has 3 fully saturated rings. The molecule has 1 aromatic rings. The molecule has 22 heavy (non-hydrogen) atoms. The van der Waals surface area contributed by atoms with Crippen LogP contribution in [0.4, 0.5) is 0 Å². The predicted molar refractivity (Wildman–Crippen MR) is 89.0 cm³/mol. The van der Waals surface area contributed by atoms with E-state index in [9.17, 15) is 4.79 Å². The summed E-state index contributed by atoms with van der Waals surface area (Å²) < 4.78 is 6.06. The summed E-state index contributed by atoms with van der Waals surface area (Å²) in [5.41, 5.74) is 0.671. The smallest absolute Gasteiger partial charge is 0.252 e. The third-order valence-electron chi connectivity index (χ3n) is 6.16. The van der Waals surface area contributed by atoms with E-state index in [0.29, 0.717) is 17.5 Å². The number of ether oxygens (including phenoxy) is 1. The molecule has 4 heteroatoms. The zero-order valence-electron chi connectivity index (χ0n) is 12.8. The van der Waals surface area contributed by atoms with E-state index in [1.165, 1.54) is 32.1 Å². The molecule has 3 aliphatic carbocycles. The van der Waals surface area contributed by atoms with Crippen molar-refractivity contribution in [1.82, 2.24) is 5.32 Å². The first kappa shape index (κ1) is 14.6. The highest BCUT2D eigenvalue weighted by Crippen LogP contribution is 2.58. The Kier molecular flexibility index (Phi) is 3.67. The van der Waals surface area contributed by atoms with Gasteiger partial charge in [0.05, 0.1) is 12.7 Å². The van der Waals surface area contributed by atoms with Crippen molar-refractivity contribution in [2.24, 2.45) is 23.7 Å². The number of amides is 1. The third kappa shape index (κ3) is 2.27. The van der Waals surface area contributed by atoms with Crippen LogP contribution >= 0.6 is 15.9 Å². The summed E-state index contributed by atoms with van der Waals surface area (Å²) in [6.45, 7) is 0. The maximum Gasteiger partial charge on any atom is 0.252 e. The lowest BCUT2D eigenvalue weighted by Gasteiger charge is -2.32. The molecular formula is C18H22BrNO2. The first-order chi connectivity index (χ1) is 10.7. The molecule has 0 heterocycles. The molecule has 4 rings (SSSR count). The number of hydrogen-bond acceptors (Lipinski definition) is 2. The molecule has 0 radical (unpaired) electrons. The maximum absolute atomic E-state index is 12.7. The molecule has 1 N–H and O–H groups in total. The molecule has 0 aromatic heterocycles. The minimum absolute atomic E-state index is 0.0258. The van der Waals surface area contributed by atoms with Gasteiger partial charge in [-0.25, -0.2) is 0 Å². The van der Waals surface area contributed by atoms with Crippen molar-refractivity contribution in [1.29, 1.82) is 0 Å². The Morgan fingerprint density at radius 1 is 1.23 bits per heavy atom. The van der Waals surface area contributed by atoms with Crippen molar-refractivity contribution in [3.63, 3.8) is 0 Å². The second-order valence-electron chi connectivity index (χ2n) is 7.08. The Balaban J connectivity index is 1.49. The van der Waals surface area contributed by atoms with Crippen LogP contribution in [0.5, 0.6) is 5.75 Å². The summed E-state index contributed by atoms with van der Waals surface area (Å²) in [5, 5.41) is 3.31. The highest BCUT2D eigenvalue weighted by Gasteiger charge is 2.54. The van der Waals surface area contributed by atoms with E-state index >= 15 is 0 Å². The zero-order chi connectivity index (χ0) is 15.3. The van der Waals surface area contributed by atoms with Crippen molar-refractivity contribution in [3.8, 4) is 5.75 Å². The van der Waals surface area contributed by atoms with Gasteiger partial charge in [-0.2, -0.15) is 0 Å². The lowest BCUT2D eigenvalue weighted by molar-refractivity contribution is 0.0900. The van der Waals surface area contributed by atoms with E-state index in [-0.39, 0.29) is 5.91 Å². The Hall–Kier alpha value is -1.03. The van der Waals surface area contributed by atoms with Crippen molar-refractivity contribution in [3.05, 3.63) is 28.2 Å². The average Bonchev–Trinajstić information content (AvgIpc) is 3.20. The van der Waals surface area contributed by atoms with E-state index in [2.05, 4.69) is 21.2 Å². The van der Waals surface area contributed by atoms with Crippen LogP contribution in [0, 0.1) is 23.7 Å². The number of carbonyl (C=O) groups excluding carboxylic acids is 1. The van der Waals surface area contributed by atoms with Gasteiger partial charge in [0.15, 0.2) is 0 Å². The molecule has 1 aromatic carbocycles. The van der Waals surface area contributed by atoms with Crippen LogP contribution in [0.2, 0.25) is 0 Å². The fraction of sp³-hybridized carbons (Fsp3) is 0.611. The molecule has 3 nitrogen and oxygen atoms in total. The molecule has 5 unspecified atom stereocenters. The Morgan fingerprint density at radius 3 is 2.86 bits per heavy atom. The van der Waals surface area contributed by atoms with Gasteiger partial charge >= 0.3 is 0 Å². The number of nitrogens with one attached hydrogen (secondary N) is 1. The van der Waals surface area contributed by atoms with Crippen LogP contribution in [0.25, 0.3) is 0 Å². The molecular weight excluding hydrogens is 342 g/mol. The number of methoxy groups -OCH3 is 1. The van der Waals surface area contributed by atoms with Gasteiger partial charge in [-0.05, 0) is 83.5 Å². The van der Waals surface area contributed by atoms with E-state index in [0.717, 1.165) is 28.0 Å². The van der Waals surface area contributed by atoms with Crippen molar-refractivity contribution < 1.29 is 9.53 Å². The summed E-state index contributed by atoms with van der Waals surface area (Å²) in [5.74, 6) is 4.15. The number of fused-ring (bicyclic) bond motifs is 5. The van der Waals surface area contributed by atoms with Crippen LogP contribution in [0.3, 0.4) is 0 Å². The predicted octanol–water partition coefficient (Wildman–Crippen LogP) is 4.01. The van der Waals surface area contributed by atoms with E-state index < -0.39 is 0 Å². The summed E-state index contributed by atoms with van der Waals surface area (Å²) in [4.78, 5) is 12.7. The summed E-state index contributed by atoms with van der Waals surface area (Å²) in [6.07, 6.45) is 6.71. The number of rotatable bonds is 3. The Labute approximate surface area is 139 Å². The van der Waals surface area contributed by atoms with Crippen molar-refractivity contribution in [2.75, 3.05) is 7.11 Å². The third-order valence-corrected chi connectivity index (χ3v) is 6.85. The molecule has 0 spiro atoms. The second kappa shape index (κ2) is 5.55. The second-order valence-corrected chi connectivity index (χ2v) is 7.93. The summed E-state index contributed by atoms with van der Waals surface area (Å²) >= 11 is 3.48. The average molecular weight is 364 g/mol. The molecule has 1 amide bonds. The van der Waals surface area contributed by atoms with Gasteiger partial charge in [0.1, 0.15) is 5.75 Å². The van der Waals surface area contributed by atoms with Crippen LogP contribution in [0.1, 0.15) is 42.5 Å². The number of benzene rings is 1. The van der Waals surface area contributed by atoms with Gasteiger partial charge in [0, 0.05) is 10.5 Å². The van der Waals surface area contributed by atoms with E-state index in [1.54, 1.807) is 7.11 Å². The van der Waals surface area contributed by atoms with E-state index in [1.807, 2.05) is 18.2 Å². The van der Waals surface area contributed by atoms with Crippen LogP contribution in [-0.2, 0) is 0 Å². The van der Waals surface area contributed by atoms with Crippen molar-refractivity contribution >= 4 is 21.8 Å². The van der Waals surface area contributed by atoms with Crippen LogP contribution in [-0.4, -0.2) is 19.1 Å². The summed E-state index contributed by atoms with van der Waals surface area (Å²) in [6, 6.07) is 5.92. The number of halogens is 1. The number of hydrogen-bond donors (Lipinski definition) is 1. The normalized spacial score (nSPS) is 35.5. The zero-order valence-corrected chi connectivity index (χ0v) is 14.4. The molecule has 0 saturated heterocycles. The topological polar surface area (TPSA) is 38.3 Å². The quantitative estimate of drug-likeness (QED) is 0.880. The highest BCUT2D eigenvalue weighted by molar-refractivity contribution is 9.10. The van der Waals surface area contributed by atoms with E-state index in [4.69, 9.17) is 4.74 Å². The molecule has 5 atom stereocenters. The Morgan fingerprint density at radius 2 is 2.05 bits per heavy atom. The largest absolute Gasteiger partial charge is 0.497 e. The van der Waals surface area contributed by atoms with Gasteiger partial charge < -0.3 is 10.1 Å².